The van der Waals surface area contributed by atoms with Gasteiger partial charge in [0.15, 0.2) is 0 Å². The largest absolute Gasteiger partial charge is 0.496 e. The second-order valence-corrected chi connectivity index (χ2v) is 6.83. The van der Waals surface area contributed by atoms with Crippen LogP contribution in [0.1, 0.15) is 53.5 Å². The maximum absolute atomic E-state index is 11.4. The van der Waals surface area contributed by atoms with E-state index in [0.29, 0.717) is 6.42 Å². The molecule has 2 rings (SSSR count). The zero-order chi connectivity index (χ0) is 21.5. The second-order valence-electron chi connectivity index (χ2n) is 6.83. The van der Waals surface area contributed by atoms with Crippen molar-refractivity contribution in [3.8, 4) is 16.9 Å². The number of hydrogen-bond donors (Lipinski definition) is 0. The highest BCUT2D eigenvalue weighted by Gasteiger charge is 2.13. The average Bonchev–Trinajstić information content (AvgIpc) is 2.75. The van der Waals surface area contributed by atoms with Crippen molar-refractivity contribution in [3.05, 3.63) is 54.1 Å². The normalized spacial score (nSPS) is 10.8. The second kappa shape index (κ2) is 14.7. The topological polar surface area (TPSA) is 35.5 Å². The third-order valence-corrected chi connectivity index (χ3v) is 4.33. The van der Waals surface area contributed by atoms with Crippen molar-refractivity contribution < 1.29 is 14.3 Å². The molecule has 3 heteroatoms. The Balaban J connectivity index is 0.000000906. The Kier molecular flexibility index (Phi) is 13.5. The molecule has 0 aliphatic heterocycles. The van der Waals surface area contributed by atoms with Crippen LogP contribution in [0.5, 0.6) is 5.75 Å². The molecule has 1 atom stereocenters. The molecule has 0 saturated heterocycles. The highest BCUT2D eigenvalue weighted by atomic mass is 16.5. The van der Waals surface area contributed by atoms with Crippen molar-refractivity contribution in [1.82, 2.24) is 0 Å². The number of ether oxygens (including phenoxy) is 2. The van der Waals surface area contributed by atoms with Crippen LogP contribution in [0.15, 0.2) is 48.5 Å². The van der Waals surface area contributed by atoms with E-state index in [1.54, 1.807) is 7.11 Å². The maximum atomic E-state index is 11.4. The molecule has 0 radical (unpaired) electrons. The van der Waals surface area contributed by atoms with Gasteiger partial charge in [-0.05, 0) is 29.5 Å². The quantitative estimate of drug-likeness (QED) is 0.513. The third kappa shape index (κ3) is 9.07. The van der Waals surface area contributed by atoms with E-state index in [1.165, 1.54) is 13.5 Å². The van der Waals surface area contributed by atoms with Gasteiger partial charge in [-0.3, -0.25) is 4.79 Å². The van der Waals surface area contributed by atoms with Crippen molar-refractivity contribution in [1.29, 1.82) is 0 Å². The predicted octanol–water partition coefficient (Wildman–Crippen LogP) is 6.79. The highest BCUT2D eigenvalue weighted by molar-refractivity contribution is 5.73. The van der Waals surface area contributed by atoms with E-state index in [9.17, 15) is 4.79 Å². The summed E-state index contributed by atoms with van der Waals surface area (Å²) in [6, 6.07) is 16.1. The van der Waals surface area contributed by atoms with Gasteiger partial charge in [-0.2, -0.15) is 0 Å². The minimum Gasteiger partial charge on any atom is -0.496 e. The van der Waals surface area contributed by atoms with Crippen molar-refractivity contribution in [2.24, 2.45) is 11.8 Å². The number of carbonyl (C=O) groups excluding carboxylic acids is 1. The van der Waals surface area contributed by atoms with Gasteiger partial charge in [0.25, 0.3) is 0 Å². The van der Waals surface area contributed by atoms with Gasteiger partial charge < -0.3 is 9.47 Å². The molecule has 0 fully saturated rings. The fraction of sp³-hybridized carbons (Fsp3) is 0.480. The molecule has 0 bridgehead atoms. The van der Waals surface area contributed by atoms with E-state index in [4.69, 9.17) is 9.47 Å². The summed E-state index contributed by atoms with van der Waals surface area (Å²) in [6.45, 7) is 12.5. The van der Waals surface area contributed by atoms with Crippen LogP contribution in [0.4, 0.5) is 0 Å². The molecular weight excluding hydrogens is 348 g/mol. The molecule has 28 heavy (non-hydrogen) atoms. The van der Waals surface area contributed by atoms with Gasteiger partial charge in [-0.15, -0.1) is 0 Å². The lowest BCUT2D eigenvalue weighted by atomic mass is 9.98. The van der Waals surface area contributed by atoms with Gasteiger partial charge in [0.1, 0.15) is 5.75 Å². The zero-order valence-corrected chi connectivity index (χ0v) is 18.9. The number of carbonyl (C=O) groups is 1. The summed E-state index contributed by atoms with van der Waals surface area (Å²) in [5.41, 5.74) is 3.28. The van der Waals surface area contributed by atoms with Crippen LogP contribution in [-0.2, 0) is 16.0 Å². The number of esters is 1. The highest BCUT2D eigenvalue weighted by Crippen LogP contribution is 2.29. The first-order valence-corrected chi connectivity index (χ1v) is 10.2. The monoisotopic (exact) mass is 386 g/mol. The van der Waals surface area contributed by atoms with E-state index in [1.807, 2.05) is 57.2 Å². The number of rotatable bonds is 6. The maximum Gasteiger partial charge on any atom is 0.308 e. The molecule has 0 heterocycles. The minimum absolute atomic E-state index is 0.132. The lowest BCUT2D eigenvalue weighted by Gasteiger charge is -2.11. The van der Waals surface area contributed by atoms with Gasteiger partial charge in [0.05, 0.1) is 20.1 Å². The fourth-order valence-electron chi connectivity index (χ4n) is 2.34. The number of hydrogen-bond acceptors (Lipinski definition) is 3. The Morgan fingerprint density at radius 2 is 1.46 bits per heavy atom. The molecule has 0 aliphatic rings. The standard InChI is InChI=1S/C18H20O3.C5H12.C2H6/c1-13(18(19)21-3)12-14-8-10-15(11-9-14)16-6-4-5-7-17(16)20-2;1-4-5(2)3;1-2/h4-11,13H,12H2,1-3H3;5H,4H2,1-3H3;1-2H3. The number of methoxy groups -OCH3 is 2. The van der Waals surface area contributed by atoms with Crippen molar-refractivity contribution in [2.75, 3.05) is 14.2 Å². The third-order valence-electron chi connectivity index (χ3n) is 4.33. The Bertz CT molecular complexity index is 660. The Morgan fingerprint density at radius 3 is 1.93 bits per heavy atom. The summed E-state index contributed by atoms with van der Waals surface area (Å²) in [5.74, 6) is 1.43. The summed E-state index contributed by atoms with van der Waals surface area (Å²) in [4.78, 5) is 11.4. The molecule has 0 aromatic heterocycles. The average molecular weight is 387 g/mol. The molecule has 0 amide bonds. The summed E-state index contributed by atoms with van der Waals surface area (Å²) < 4.78 is 10.1. The molecule has 0 N–H and O–H groups in total. The van der Waals surface area contributed by atoms with E-state index in [2.05, 4.69) is 32.9 Å². The number of benzene rings is 2. The molecular formula is C25H38O3. The molecule has 3 nitrogen and oxygen atoms in total. The van der Waals surface area contributed by atoms with Crippen LogP contribution in [-0.4, -0.2) is 20.2 Å². The van der Waals surface area contributed by atoms with Crippen molar-refractivity contribution in [2.45, 2.75) is 54.4 Å². The van der Waals surface area contributed by atoms with E-state index in [0.717, 1.165) is 28.4 Å². The van der Waals surface area contributed by atoms with E-state index < -0.39 is 0 Å². The van der Waals surface area contributed by atoms with Crippen LogP contribution in [0.3, 0.4) is 0 Å². The summed E-state index contributed by atoms with van der Waals surface area (Å²) >= 11 is 0. The minimum atomic E-state index is -0.177. The molecule has 2 aromatic rings. The van der Waals surface area contributed by atoms with Gasteiger partial charge in [0.2, 0.25) is 0 Å². The molecule has 156 valence electrons. The predicted molar refractivity (Wildman–Crippen MR) is 120 cm³/mol. The molecule has 1 unspecified atom stereocenters. The van der Waals surface area contributed by atoms with Gasteiger partial charge in [0, 0.05) is 5.56 Å². The van der Waals surface area contributed by atoms with Crippen LogP contribution in [0, 0.1) is 11.8 Å². The molecule has 0 aliphatic carbocycles. The lowest BCUT2D eigenvalue weighted by Crippen LogP contribution is -2.14. The smallest absolute Gasteiger partial charge is 0.308 e. The molecule has 0 spiro atoms. The van der Waals surface area contributed by atoms with Crippen LogP contribution in [0.2, 0.25) is 0 Å². The van der Waals surface area contributed by atoms with E-state index in [-0.39, 0.29) is 11.9 Å². The first kappa shape index (κ1) is 25.7. The Labute approximate surface area is 172 Å². The van der Waals surface area contributed by atoms with E-state index >= 15 is 0 Å². The van der Waals surface area contributed by atoms with Gasteiger partial charge in [-0.25, -0.2) is 0 Å². The van der Waals surface area contributed by atoms with Crippen molar-refractivity contribution >= 4 is 5.97 Å². The molecule has 0 saturated carbocycles. The molecule has 2 aromatic carbocycles. The first-order valence-electron chi connectivity index (χ1n) is 10.2. The lowest BCUT2D eigenvalue weighted by molar-refractivity contribution is -0.144. The first-order chi connectivity index (χ1) is 13.4. The van der Waals surface area contributed by atoms with Crippen LogP contribution < -0.4 is 4.74 Å². The summed E-state index contributed by atoms with van der Waals surface area (Å²) in [7, 11) is 3.09. The Hall–Kier alpha value is -2.29. The summed E-state index contributed by atoms with van der Waals surface area (Å²) in [6.07, 6.45) is 1.98. The summed E-state index contributed by atoms with van der Waals surface area (Å²) in [5, 5.41) is 0. The van der Waals surface area contributed by atoms with Crippen molar-refractivity contribution in [3.63, 3.8) is 0 Å². The zero-order valence-electron chi connectivity index (χ0n) is 18.9. The van der Waals surface area contributed by atoms with Gasteiger partial charge >= 0.3 is 5.97 Å². The fourth-order valence-corrected chi connectivity index (χ4v) is 2.34. The van der Waals surface area contributed by atoms with Crippen LogP contribution in [0.25, 0.3) is 11.1 Å². The van der Waals surface area contributed by atoms with Crippen LogP contribution >= 0.6 is 0 Å². The van der Waals surface area contributed by atoms with Gasteiger partial charge in [-0.1, -0.05) is 90.4 Å². The SMILES string of the molecule is CC.CCC(C)C.COC(=O)C(C)Cc1ccc(-c2ccccc2OC)cc1. The Morgan fingerprint density at radius 1 is 0.929 bits per heavy atom. The number of para-hydroxylation sites is 1.